The van der Waals surface area contributed by atoms with E-state index in [-0.39, 0.29) is 128 Å². The molecule has 0 saturated carbocycles. The van der Waals surface area contributed by atoms with Crippen molar-refractivity contribution in [2.24, 2.45) is 0 Å². The van der Waals surface area contributed by atoms with E-state index in [0.717, 1.165) is 121 Å². The SMILES string of the molecule is O.O.O.O=C(c1cc(C(F)(F)F)cc(C(F)(F)F)c1)N1CCOC(CC[N+]23CCC(c4ccccc4)(CC2)CC3)(c2ccc(F)c(F)c2)C1.O=C(c1cc(C(F)(F)F)cc(C(F)(F)F)c1)N1CCOC(CC[N+]23CCC(c4ccccc4)(CC2)CC3)(c2ccc(F)c(F)c2)C1.[Cl-].[Cl-]. The van der Waals surface area contributed by atoms with Crippen molar-refractivity contribution >= 4 is 11.8 Å². The quantitative estimate of drug-likeness (QED) is 0.0961. The molecule has 6 N–H and O–H groups in total. The number of hydrogen-bond donors (Lipinski definition) is 0. The smallest absolute Gasteiger partial charge is 0.416 e. The maximum absolute atomic E-state index is 14.6. The Labute approximate surface area is 561 Å². The predicted octanol–water partition coefficient (Wildman–Crippen LogP) is 6.96. The number of carbonyl (C=O) groups is 2. The van der Waals surface area contributed by atoms with Crippen LogP contribution in [-0.2, 0) is 56.2 Å². The third-order valence-corrected chi connectivity index (χ3v) is 20.6. The first kappa shape index (κ1) is 79.4. The molecule has 8 aliphatic heterocycles. The first-order chi connectivity index (χ1) is 43.3. The Morgan fingerprint density at radius 1 is 0.392 bits per heavy atom. The summed E-state index contributed by atoms with van der Waals surface area (Å²) in [6.45, 7) is 5.51. The lowest BCUT2D eigenvalue weighted by Crippen LogP contribution is -3.00. The standard InChI is InChI=1S/2C34H33F8N2O2.2ClH.3H2O/c2*35-28-7-6-25(21-29(28)36)32(11-16-44-13-8-31(9-14-44,10-15-44)24-4-2-1-3-5-24)22-43(12-17-46-32)30(45)23-18-26(33(37,38)39)20-27(19-23)34(40,41)42;;;;;/h2*1-7,18-21H,8-17,22H2;2*1H;3*1H2/q2*+1;;;;;/p-2. The summed E-state index contributed by atoms with van der Waals surface area (Å²) in [5.41, 5.74) is -7.32. The van der Waals surface area contributed by atoms with Gasteiger partial charge in [-0.05, 0) is 82.9 Å². The summed E-state index contributed by atoms with van der Waals surface area (Å²) in [6, 6.07) is 28.9. The van der Waals surface area contributed by atoms with Gasteiger partial charge in [-0.2, -0.15) is 52.7 Å². The van der Waals surface area contributed by atoms with Crippen LogP contribution in [0.25, 0.3) is 0 Å². The molecule has 14 rings (SSSR count). The highest BCUT2D eigenvalue weighted by Gasteiger charge is 2.54. The molecule has 8 fully saturated rings. The Morgan fingerprint density at radius 2 is 0.680 bits per heavy atom. The topological polar surface area (TPSA) is 154 Å². The van der Waals surface area contributed by atoms with Gasteiger partial charge in [0, 0.05) is 86.4 Å². The Balaban J connectivity index is 0.000000291. The van der Waals surface area contributed by atoms with Crippen LogP contribution < -0.4 is 24.8 Å². The maximum atomic E-state index is 14.6. The van der Waals surface area contributed by atoms with Gasteiger partial charge < -0.3 is 69.5 Å². The molecule has 8 heterocycles. The van der Waals surface area contributed by atoms with Gasteiger partial charge in [-0.15, -0.1) is 0 Å². The maximum Gasteiger partial charge on any atom is 0.416 e. The van der Waals surface area contributed by atoms with Crippen LogP contribution in [0.1, 0.15) is 117 Å². The average molecular weight is 1430 g/mol. The molecular weight excluding hydrogens is 1360 g/mol. The summed E-state index contributed by atoms with van der Waals surface area (Å²) in [6.07, 6.45) is -14.1. The second kappa shape index (κ2) is 29.7. The molecule has 0 radical (unpaired) electrons. The lowest BCUT2D eigenvalue weighted by molar-refractivity contribution is -0.944. The van der Waals surface area contributed by atoms with Gasteiger partial charge in [0.25, 0.3) is 11.8 Å². The Hall–Kier alpha value is -6.56. The number of hydrogen-bond acceptors (Lipinski definition) is 4. The number of rotatable bonds is 12. The van der Waals surface area contributed by atoms with Crippen LogP contribution >= 0.6 is 0 Å². The number of fused-ring (bicyclic) bond motifs is 6. The third-order valence-electron chi connectivity index (χ3n) is 20.6. The number of alkyl halides is 12. The second-order valence-electron chi connectivity index (χ2n) is 25.8. The fourth-order valence-electron chi connectivity index (χ4n) is 15.0. The van der Waals surface area contributed by atoms with E-state index in [1.807, 2.05) is 36.4 Å². The van der Waals surface area contributed by atoms with Crippen LogP contribution in [0.4, 0.5) is 70.2 Å². The van der Waals surface area contributed by atoms with Gasteiger partial charge >= 0.3 is 24.7 Å². The molecule has 4 bridgehead atoms. The first-order valence-electron chi connectivity index (χ1n) is 30.5. The van der Waals surface area contributed by atoms with Crippen LogP contribution in [-0.4, -0.2) is 139 Å². The molecule has 2 amide bonds. The minimum Gasteiger partial charge on any atom is -1.00 e. The summed E-state index contributed by atoms with van der Waals surface area (Å²) >= 11 is 0. The second-order valence-corrected chi connectivity index (χ2v) is 25.8. The van der Waals surface area contributed by atoms with E-state index in [4.69, 9.17) is 9.47 Å². The van der Waals surface area contributed by atoms with Gasteiger partial charge in [0.05, 0.1) is 101 Å². The van der Waals surface area contributed by atoms with Crippen molar-refractivity contribution in [2.75, 3.05) is 91.8 Å². The molecule has 0 aromatic heterocycles. The fourth-order valence-corrected chi connectivity index (χ4v) is 15.0. The number of benzene rings is 6. The van der Waals surface area contributed by atoms with E-state index in [0.29, 0.717) is 37.4 Å². The molecule has 0 spiro atoms. The minimum absolute atomic E-state index is 0. The monoisotopic (exact) mass is 1430 g/mol. The van der Waals surface area contributed by atoms with E-state index in [1.54, 1.807) is 0 Å². The molecule has 8 saturated heterocycles. The lowest BCUT2D eigenvalue weighted by Gasteiger charge is -2.56. The van der Waals surface area contributed by atoms with Crippen LogP contribution in [0.15, 0.2) is 133 Å². The molecule has 2 unspecified atom stereocenters. The van der Waals surface area contributed by atoms with Gasteiger partial charge in [-0.25, -0.2) is 17.6 Å². The summed E-state index contributed by atoms with van der Waals surface area (Å²) in [5, 5.41) is 0. The van der Waals surface area contributed by atoms with Crippen molar-refractivity contribution < 1.29 is 140 Å². The van der Waals surface area contributed by atoms with Gasteiger partial charge in [0.1, 0.15) is 11.2 Å². The fraction of sp³-hybridized carbons (Fsp3) is 0.441. The zero-order chi connectivity index (χ0) is 65.9. The number of piperidine rings is 6. The number of quaternary nitrogens is 2. The van der Waals surface area contributed by atoms with Crippen LogP contribution in [0.5, 0.6) is 0 Å². The predicted molar refractivity (Wildman–Crippen MR) is 316 cm³/mol. The van der Waals surface area contributed by atoms with Crippen molar-refractivity contribution in [2.45, 2.75) is 98.1 Å². The van der Waals surface area contributed by atoms with E-state index in [1.165, 1.54) is 23.3 Å². The summed E-state index contributed by atoms with van der Waals surface area (Å²) < 4.78 is 234. The van der Waals surface area contributed by atoms with Gasteiger partial charge in [-0.3, -0.25) is 9.59 Å². The van der Waals surface area contributed by atoms with Crippen molar-refractivity contribution in [3.8, 4) is 0 Å². The minimum atomic E-state index is -5.12. The highest BCUT2D eigenvalue weighted by atomic mass is 35.5. The summed E-state index contributed by atoms with van der Waals surface area (Å²) in [5.74, 6) is -6.51. The van der Waals surface area contributed by atoms with Gasteiger partial charge in [-0.1, -0.05) is 72.8 Å². The molecule has 0 aliphatic carbocycles. The van der Waals surface area contributed by atoms with E-state index < -0.39 is 104 Å². The number of amides is 2. The number of nitrogens with zero attached hydrogens (tertiary/aromatic N) is 4. The lowest BCUT2D eigenvalue weighted by atomic mass is 9.66. The molecular formula is C68H72Cl2F16N4O7. The van der Waals surface area contributed by atoms with Gasteiger partial charge in [0.2, 0.25) is 0 Å². The van der Waals surface area contributed by atoms with E-state index in [9.17, 15) is 79.8 Å². The molecule has 29 heteroatoms. The first-order valence-corrected chi connectivity index (χ1v) is 30.5. The molecule has 532 valence electrons. The highest BCUT2D eigenvalue weighted by molar-refractivity contribution is 5.95. The summed E-state index contributed by atoms with van der Waals surface area (Å²) in [7, 11) is 0. The zero-order valence-electron chi connectivity index (χ0n) is 52.0. The highest BCUT2D eigenvalue weighted by Crippen LogP contribution is 2.50. The average Bonchev–Trinajstić information content (AvgIpc) is 0.752. The molecule has 6 aromatic carbocycles. The molecule has 11 nitrogen and oxygen atoms in total. The Bertz CT molecular complexity index is 3370. The Morgan fingerprint density at radius 3 is 0.948 bits per heavy atom. The van der Waals surface area contributed by atoms with Crippen LogP contribution in [0.2, 0.25) is 0 Å². The van der Waals surface area contributed by atoms with Crippen molar-refractivity contribution in [1.82, 2.24) is 9.80 Å². The molecule has 97 heavy (non-hydrogen) atoms. The summed E-state index contributed by atoms with van der Waals surface area (Å²) in [4.78, 5) is 29.5. The zero-order valence-corrected chi connectivity index (χ0v) is 53.5. The molecule has 8 aliphatic rings. The number of ether oxygens (including phenoxy) is 2. The molecule has 2 atom stereocenters. The third kappa shape index (κ3) is 16.5. The number of carbonyl (C=O) groups excluding carboxylic acids is 2. The molecule has 6 aromatic rings. The normalized spacial score (nSPS) is 25.4. The van der Waals surface area contributed by atoms with E-state index in [2.05, 4.69) is 24.3 Å². The number of morpholine rings is 2. The Kier molecular flexibility index (Phi) is 24.3. The van der Waals surface area contributed by atoms with Gasteiger partial charge in [0.15, 0.2) is 23.3 Å². The van der Waals surface area contributed by atoms with E-state index >= 15 is 0 Å². The van der Waals surface area contributed by atoms with Crippen molar-refractivity contribution in [1.29, 1.82) is 0 Å². The number of halogens is 18. The van der Waals surface area contributed by atoms with Crippen molar-refractivity contribution in [3.63, 3.8) is 0 Å². The van der Waals surface area contributed by atoms with Crippen LogP contribution in [0.3, 0.4) is 0 Å². The largest absolute Gasteiger partial charge is 1.00 e. The van der Waals surface area contributed by atoms with Crippen molar-refractivity contribution in [3.05, 3.63) is 212 Å². The van der Waals surface area contributed by atoms with Crippen LogP contribution in [0, 0.1) is 23.3 Å².